The summed E-state index contributed by atoms with van der Waals surface area (Å²) in [7, 11) is -3.74. The number of rotatable bonds is 3. The van der Waals surface area contributed by atoms with Gasteiger partial charge in [-0.05, 0) is 37.1 Å². The maximum Gasteiger partial charge on any atom is 0.245 e. The number of hydrogen-bond acceptors (Lipinski definition) is 5. The van der Waals surface area contributed by atoms with Gasteiger partial charge in [0.1, 0.15) is 11.1 Å². The molecule has 0 amide bonds. The van der Waals surface area contributed by atoms with Gasteiger partial charge >= 0.3 is 0 Å². The van der Waals surface area contributed by atoms with Gasteiger partial charge in [-0.25, -0.2) is 13.4 Å². The Bertz CT molecular complexity index is 1050. The lowest BCUT2D eigenvalue weighted by Gasteiger charge is -2.23. The lowest BCUT2D eigenvalue weighted by Crippen LogP contribution is -2.31. The highest BCUT2D eigenvalue weighted by Gasteiger charge is 2.38. The molecule has 1 fully saturated rings. The van der Waals surface area contributed by atoms with E-state index in [0.29, 0.717) is 6.54 Å². The molecule has 25 heavy (non-hydrogen) atoms. The minimum atomic E-state index is -3.74. The Morgan fingerprint density at radius 2 is 1.92 bits per heavy atom. The number of nitriles is 1. The van der Waals surface area contributed by atoms with Crippen LogP contribution in [0.1, 0.15) is 29.5 Å². The van der Waals surface area contributed by atoms with E-state index in [9.17, 15) is 13.7 Å². The van der Waals surface area contributed by atoms with E-state index in [0.717, 1.165) is 28.1 Å². The number of benzene rings is 2. The first kappa shape index (κ1) is 16.2. The van der Waals surface area contributed by atoms with Crippen molar-refractivity contribution in [2.75, 3.05) is 6.54 Å². The van der Waals surface area contributed by atoms with Gasteiger partial charge in [0.2, 0.25) is 10.0 Å². The second kappa shape index (κ2) is 6.23. The summed E-state index contributed by atoms with van der Waals surface area (Å²) in [4.78, 5) is 4.72. The molecule has 4 rings (SSSR count). The number of para-hydroxylation sites is 1. The molecular weight excluding hydrogens is 354 g/mol. The van der Waals surface area contributed by atoms with Crippen molar-refractivity contribution in [2.45, 2.75) is 23.8 Å². The molecule has 1 aliphatic rings. The van der Waals surface area contributed by atoms with Crippen LogP contribution in [0, 0.1) is 11.3 Å². The Kier molecular flexibility index (Phi) is 4.04. The summed E-state index contributed by atoms with van der Waals surface area (Å²) in [5, 5.41) is 10.1. The predicted octanol–water partition coefficient (Wildman–Crippen LogP) is 3.69. The summed E-state index contributed by atoms with van der Waals surface area (Å²) in [6.07, 6.45) is 1.53. The van der Waals surface area contributed by atoms with Crippen molar-refractivity contribution in [1.29, 1.82) is 5.26 Å². The van der Waals surface area contributed by atoms with Gasteiger partial charge in [-0.15, -0.1) is 11.3 Å². The molecule has 126 valence electrons. The second-order valence-corrected chi connectivity index (χ2v) is 8.82. The summed E-state index contributed by atoms with van der Waals surface area (Å²) >= 11 is 1.54. The van der Waals surface area contributed by atoms with E-state index >= 15 is 0 Å². The van der Waals surface area contributed by atoms with E-state index < -0.39 is 10.0 Å². The third kappa shape index (κ3) is 2.72. The highest BCUT2D eigenvalue weighted by Crippen LogP contribution is 2.40. The predicted molar refractivity (Wildman–Crippen MR) is 96.6 cm³/mol. The van der Waals surface area contributed by atoms with Crippen LogP contribution in [0.3, 0.4) is 0 Å². The molecule has 0 unspecified atom stereocenters. The molecule has 0 radical (unpaired) electrons. The van der Waals surface area contributed by atoms with E-state index in [1.54, 1.807) is 12.1 Å². The summed E-state index contributed by atoms with van der Waals surface area (Å²) < 4.78 is 28.9. The highest BCUT2D eigenvalue weighted by molar-refractivity contribution is 7.89. The molecule has 2 aromatic carbocycles. The Hall–Kier alpha value is -2.27. The minimum Gasteiger partial charge on any atom is -0.239 e. The number of thiazole rings is 1. The van der Waals surface area contributed by atoms with E-state index in [2.05, 4.69) is 4.98 Å². The van der Waals surface area contributed by atoms with Gasteiger partial charge in [0.05, 0.1) is 26.7 Å². The Labute approximate surface area is 150 Å². The van der Waals surface area contributed by atoms with Crippen LogP contribution in [0.5, 0.6) is 0 Å². The van der Waals surface area contributed by atoms with Crippen LogP contribution in [-0.2, 0) is 10.0 Å². The van der Waals surface area contributed by atoms with Crippen molar-refractivity contribution in [3.8, 4) is 6.07 Å². The van der Waals surface area contributed by atoms with Gasteiger partial charge in [0.15, 0.2) is 0 Å². The first-order valence-electron chi connectivity index (χ1n) is 7.98. The van der Waals surface area contributed by atoms with Crippen molar-refractivity contribution in [1.82, 2.24) is 9.29 Å². The number of nitrogens with zero attached hydrogens (tertiary/aromatic N) is 3. The van der Waals surface area contributed by atoms with Crippen molar-refractivity contribution in [2.24, 2.45) is 0 Å². The summed E-state index contributed by atoms with van der Waals surface area (Å²) in [6.45, 7) is 0.447. The van der Waals surface area contributed by atoms with Crippen LogP contribution >= 0.6 is 11.3 Å². The fourth-order valence-electron chi connectivity index (χ4n) is 3.22. The van der Waals surface area contributed by atoms with Crippen LogP contribution in [0.4, 0.5) is 0 Å². The van der Waals surface area contributed by atoms with Gasteiger partial charge in [-0.1, -0.05) is 24.3 Å². The monoisotopic (exact) mass is 369 g/mol. The third-order valence-corrected chi connectivity index (χ3v) is 7.50. The fraction of sp³-hybridized carbons (Fsp3) is 0.222. The molecule has 0 saturated carbocycles. The molecule has 5 nitrogen and oxygen atoms in total. The first-order chi connectivity index (χ1) is 12.1. The van der Waals surface area contributed by atoms with Gasteiger partial charge in [-0.2, -0.15) is 9.57 Å². The summed E-state index contributed by atoms with van der Waals surface area (Å²) in [5.41, 5.74) is 1.07. The van der Waals surface area contributed by atoms with Crippen molar-refractivity contribution >= 4 is 31.6 Å². The molecule has 7 heteroatoms. The second-order valence-electron chi connectivity index (χ2n) is 5.90. The van der Waals surface area contributed by atoms with E-state index in [4.69, 9.17) is 0 Å². The average Bonchev–Trinajstić information content (AvgIpc) is 3.28. The molecule has 1 aromatic heterocycles. The van der Waals surface area contributed by atoms with Crippen LogP contribution in [-0.4, -0.2) is 24.3 Å². The van der Waals surface area contributed by atoms with Gasteiger partial charge < -0.3 is 0 Å². The third-order valence-electron chi connectivity index (χ3n) is 4.39. The van der Waals surface area contributed by atoms with Crippen LogP contribution in [0.2, 0.25) is 0 Å². The van der Waals surface area contributed by atoms with Crippen LogP contribution in [0.15, 0.2) is 53.4 Å². The van der Waals surface area contributed by atoms with Gasteiger partial charge in [0, 0.05) is 6.54 Å². The molecule has 0 spiro atoms. The summed E-state index contributed by atoms with van der Waals surface area (Å²) in [6, 6.07) is 15.9. The van der Waals surface area contributed by atoms with Crippen molar-refractivity contribution in [3.05, 3.63) is 59.1 Å². The Morgan fingerprint density at radius 3 is 2.72 bits per heavy atom. The zero-order chi connectivity index (χ0) is 17.4. The Morgan fingerprint density at radius 1 is 1.16 bits per heavy atom. The zero-order valence-corrected chi connectivity index (χ0v) is 14.9. The lowest BCUT2D eigenvalue weighted by atomic mass is 10.2. The number of fused-ring (bicyclic) bond motifs is 1. The van der Waals surface area contributed by atoms with Crippen molar-refractivity contribution in [3.63, 3.8) is 0 Å². The quantitative estimate of drug-likeness (QED) is 0.706. The zero-order valence-electron chi connectivity index (χ0n) is 13.3. The molecule has 0 bridgehead atoms. The molecule has 0 N–H and O–H groups in total. The SMILES string of the molecule is N#Cc1ccccc1S(=O)(=O)N1CCC[C@H]1c1nc2ccccc2s1. The molecule has 1 saturated heterocycles. The average molecular weight is 369 g/mol. The van der Waals surface area contributed by atoms with Gasteiger partial charge in [-0.3, -0.25) is 0 Å². The minimum absolute atomic E-state index is 0.0745. The van der Waals surface area contributed by atoms with Crippen LogP contribution < -0.4 is 0 Å². The largest absolute Gasteiger partial charge is 0.245 e. The Balaban J connectivity index is 1.77. The molecule has 1 atom stereocenters. The molecule has 2 heterocycles. The van der Waals surface area contributed by atoms with E-state index in [1.807, 2.05) is 30.3 Å². The van der Waals surface area contributed by atoms with Gasteiger partial charge in [0.25, 0.3) is 0 Å². The molecule has 1 aliphatic heterocycles. The highest BCUT2D eigenvalue weighted by atomic mass is 32.2. The number of sulfonamides is 1. The lowest BCUT2D eigenvalue weighted by molar-refractivity contribution is 0.396. The standard InChI is InChI=1S/C18H15N3O2S2/c19-12-13-6-1-4-10-17(13)25(22,23)21-11-5-8-15(21)18-20-14-7-2-3-9-16(14)24-18/h1-4,6-7,9-10,15H,5,8,11H2/t15-/m0/s1. The first-order valence-corrected chi connectivity index (χ1v) is 10.2. The fourth-order valence-corrected chi connectivity index (χ4v) is 6.20. The molecule has 0 aliphatic carbocycles. The van der Waals surface area contributed by atoms with Crippen LogP contribution in [0.25, 0.3) is 10.2 Å². The maximum absolute atomic E-state index is 13.2. The number of aromatic nitrogens is 1. The molecule has 3 aromatic rings. The normalized spacial score (nSPS) is 18.4. The van der Waals surface area contributed by atoms with Crippen molar-refractivity contribution < 1.29 is 8.42 Å². The summed E-state index contributed by atoms with van der Waals surface area (Å²) in [5.74, 6) is 0. The maximum atomic E-state index is 13.2. The van der Waals surface area contributed by atoms with E-state index in [1.165, 1.54) is 27.8 Å². The smallest absolute Gasteiger partial charge is 0.239 e. The number of hydrogen-bond donors (Lipinski definition) is 0. The van der Waals surface area contributed by atoms with E-state index in [-0.39, 0.29) is 16.5 Å². The topological polar surface area (TPSA) is 74.1 Å². The molecular formula is C18H15N3O2S2.